The van der Waals surface area contributed by atoms with Crippen LogP contribution < -0.4 is 11.5 Å². The summed E-state index contributed by atoms with van der Waals surface area (Å²) < 4.78 is 2.14. The van der Waals surface area contributed by atoms with E-state index in [1.54, 1.807) is 23.1 Å². The van der Waals surface area contributed by atoms with Crippen LogP contribution in [0.4, 0.5) is 11.9 Å². The minimum Gasteiger partial charge on any atom is -0.368 e. The van der Waals surface area contributed by atoms with Crippen molar-refractivity contribution in [3.63, 3.8) is 0 Å². The zero-order chi connectivity index (χ0) is 13.2. The van der Waals surface area contributed by atoms with Crippen molar-refractivity contribution in [3.8, 4) is 0 Å². The van der Waals surface area contributed by atoms with Gasteiger partial charge in [0.2, 0.25) is 11.9 Å². The molecule has 19 heavy (non-hydrogen) atoms. The molecule has 2 heterocycles. The summed E-state index contributed by atoms with van der Waals surface area (Å²) in [5.41, 5.74) is 12.1. The fraction of sp³-hybridized carbons (Fsp3) is 0.0909. The van der Waals surface area contributed by atoms with E-state index in [0.717, 1.165) is 9.86 Å². The third kappa shape index (κ3) is 2.74. The summed E-state index contributed by atoms with van der Waals surface area (Å²) in [7, 11) is 0. The normalized spacial score (nSPS) is 10.9. The lowest BCUT2D eigenvalue weighted by Crippen LogP contribution is -2.05. The number of aromatic nitrogens is 4. The summed E-state index contributed by atoms with van der Waals surface area (Å²) in [6.45, 7) is 0. The van der Waals surface area contributed by atoms with Crippen molar-refractivity contribution in [1.82, 2.24) is 19.9 Å². The van der Waals surface area contributed by atoms with Gasteiger partial charge in [0.15, 0.2) is 4.34 Å². The van der Waals surface area contributed by atoms with Gasteiger partial charge in [-0.05, 0) is 12.1 Å². The Morgan fingerprint density at radius 1 is 1.00 bits per heavy atom. The lowest BCUT2D eigenvalue weighted by Gasteiger charge is -1.99. The van der Waals surface area contributed by atoms with Gasteiger partial charge in [-0.25, -0.2) is 4.98 Å². The standard InChI is InChI=1S/C11H10N6S2/c12-9-15-8(16-10(13)17-9)5-18-11-14-6-3-1-2-4-7(6)19-11/h1-4H,5H2,(H4,12,13,15,16,17). The molecule has 3 rings (SSSR count). The Morgan fingerprint density at radius 3 is 2.47 bits per heavy atom. The van der Waals surface area contributed by atoms with Crippen LogP contribution in [-0.4, -0.2) is 19.9 Å². The maximum absolute atomic E-state index is 5.53. The van der Waals surface area contributed by atoms with Crippen molar-refractivity contribution in [2.45, 2.75) is 10.1 Å². The smallest absolute Gasteiger partial charge is 0.225 e. The highest BCUT2D eigenvalue weighted by molar-refractivity contribution is 8.00. The molecule has 0 radical (unpaired) electrons. The molecule has 6 nitrogen and oxygen atoms in total. The maximum Gasteiger partial charge on any atom is 0.225 e. The minimum atomic E-state index is 0.146. The molecule has 0 spiro atoms. The first-order chi connectivity index (χ1) is 9.20. The Labute approximate surface area is 117 Å². The Balaban J connectivity index is 1.78. The van der Waals surface area contributed by atoms with Crippen molar-refractivity contribution in [1.29, 1.82) is 0 Å². The van der Waals surface area contributed by atoms with Crippen LogP contribution in [0.2, 0.25) is 0 Å². The Morgan fingerprint density at radius 2 is 1.74 bits per heavy atom. The summed E-state index contributed by atoms with van der Waals surface area (Å²) in [5.74, 6) is 1.42. The molecule has 0 aliphatic carbocycles. The van der Waals surface area contributed by atoms with Crippen LogP contribution in [0.15, 0.2) is 28.6 Å². The highest BCUT2D eigenvalue weighted by Gasteiger charge is 2.07. The zero-order valence-corrected chi connectivity index (χ0v) is 11.4. The van der Waals surface area contributed by atoms with E-state index >= 15 is 0 Å². The van der Waals surface area contributed by atoms with Gasteiger partial charge in [0, 0.05) is 0 Å². The number of nitrogens with two attached hydrogens (primary N) is 2. The fourth-order valence-corrected chi connectivity index (χ4v) is 3.48. The lowest BCUT2D eigenvalue weighted by molar-refractivity contribution is 0.987. The molecule has 0 saturated heterocycles. The largest absolute Gasteiger partial charge is 0.368 e. The number of thiazole rings is 1. The molecule has 0 atom stereocenters. The number of hydrogen-bond donors (Lipinski definition) is 2. The van der Waals surface area contributed by atoms with E-state index in [4.69, 9.17) is 11.5 Å². The van der Waals surface area contributed by atoms with Crippen LogP contribution in [0.1, 0.15) is 5.82 Å². The van der Waals surface area contributed by atoms with Crippen LogP contribution in [0.3, 0.4) is 0 Å². The monoisotopic (exact) mass is 290 g/mol. The Hall–Kier alpha value is -1.93. The fourth-order valence-electron chi connectivity index (χ4n) is 1.56. The summed E-state index contributed by atoms with van der Waals surface area (Å²) in [4.78, 5) is 16.3. The third-order valence-electron chi connectivity index (χ3n) is 2.32. The third-order valence-corrected chi connectivity index (χ3v) is 4.49. The average molecular weight is 290 g/mol. The summed E-state index contributed by atoms with van der Waals surface area (Å²) in [5, 5.41) is 0. The van der Waals surface area contributed by atoms with Crippen LogP contribution in [0, 0.1) is 0 Å². The number of fused-ring (bicyclic) bond motifs is 1. The number of benzene rings is 1. The molecule has 0 amide bonds. The van der Waals surface area contributed by atoms with Gasteiger partial charge in [-0.2, -0.15) is 15.0 Å². The van der Waals surface area contributed by atoms with Gasteiger partial charge in [0.05, 0.1) is 16.0 Å². The van der Waals surface area contributed by atoms with E-state index in [9.17, 15) is 0 Å². The molecule has 0 aliphatic heterocycles. The predicted octanol–water partition coefficient (Wildman–Crippen LogP) is 1.94. The molecule has 2 aromatic heterocycles. The lowest BCUT2D eigenvalue weighted by atomic mass is 10.3. The second-order valence-electron chi connectivity index (χ2n) is 3.70. The van der Waals surface area contributed by atoms with Gasteiger partial charge in [-0.15, -0.1) is 11.3 Å². The number of para-hydroxylation sites is 1. The van der Waals surface area contributed by atoms with E-state index in [1.165, 1.54) is 4.70 Å². The Kier molecular flexibility index (Phi) is 3.18. The first kappa shape index (κ1) is 12.1. The molecule has 0 saturated carbocycles. The molecule has 96 valence electrons. The van der Waals surface area contributed by atoms with Crippen molar-refractivity contribution in [2.75, 3.05) is 11.5 Å². The number of anilines is 2. The molecule has 0 aliphatic rings. The van der Waals surface area contributed by atoms with Crippen LogP contribution in [0.25, 0.3) is 10.2 Å². The minimum absolute atomic E-state index is 0.146. The predicted molar refractivity (Wildman–Crippen MR) is 77.8 cm³/mol. The molecule has 4 N–H and O–H groups in total. The van der Waals surface area contributed by atoms with Crippen LogP contribution in [0.5, 0.6) is 0 Å². The van der Waals surface area contributed by atoms with Crippen LogP contribution in [-0.2, 0) is 5.75 Å². The molecule has 0 fully saturated rings. The molecular weight excluding hydrogens is 280 g/mol. The molecule has 3 aromatic rings. The van der Waals surface area contributed by atoms with Gasteiger partial charge in [-0.1, -0.05) is 23.9 Å². The van der Waals surface area contributed by atoms with Gasteiger partial charge < -0.3 is 11.5 Å². The van der Waals surface area contributed by atoms with E-state index in [2.05, 4.69) is 26.0 Å². The second kappa shape index (κ2) is 4.98. The highest BCUT2D eigenvalue weighted by atomic mass is 32.2. The molecular formula is C11H10N6S2. The summed E-state index contributed by atoms with van der Waals surface area (Å²) in [6.07, 6.45) is 0. The maximum atomic E-state index is 5.53. The summed E-state index contributed by atoms with van der Waals surface area (Å²) in [6, 6.07) is 8.02. The van der Waals surface area contributed by atoms with Gasteiger partial charge >= 0.3 is 0 Å². The molecule has 1 aromatic carbocycles. The first-order valence-corrected chi connectivity index (χ1v) is 7.25. The van der Waals surface area contributed by atoms with Gasteiger partial charge in [0.1, 0.15) is 5.82 Å². The second-order valence-corrected chi connectivity index (χ2v) is 5.96. The number of nitrogens with zero attached hydrogens (tertiary/aromatic N) is 4. The van der Waals surface area contributed by atoms with Gasteiger partial charge in [-0.3, -0.25) is 0 Å². The SMILES string of the molecule is Nc1nc(N)nc(CSc2nc3ccccc3s2)n1. The topological polar surface area (TPSA) is 104 Å². The molecule has 0 unspecified atom stereocenters. The van der Waals surface area contributed by atoms with E-state index in [1.807, 2.05) is 18.2 Å². The Bertz CT molecular complexity index is 673. The van der Waals surface area contributed by atoms with Crippen LogP contribution >= 0.6 is 23.1 Å². The van der Waals surface area contributed by atoms with Gasteiger partial charge in [0.25, 0.3) is 0 Å². The van der Waals surface area contributed by atoms with E-state index in [-0.39, 0.29) is 11.9 Å². The van der Waals surface area contributed by atoms with Crippen molar-refractivity contribution in [3.05, 3.63) is 30.1 Å². The van der Waals surface area contributed by atoms with E-state index < -0.39 is 0 Å². The van der Waals surface area contributed by atoms with Crippen molar-refractivity contribution in [2.24, 2.45) is 0 Å². The quantitative estimate of drug-likeness (QED) is 0.710. The number of rotatable bonds is 3. The molecule has 8 heteroatoms. The average Bonchev–Trinajstić information content (AvgIpc) is 2.78. The molecule has 0 bridgehead atoms. The number of hydrogen-bond acceptors (Lipinski definition) is 8. The zero-order valence-electron chi connectivity index (χ0n) is 9.78. The van der Waals surface area contributed by atoms with E-state index in [0.29, 0.717) is 11.6 Å². The van der Waals surface area contributed by atoms with Crippen molar-refractivity contribution < 1.29 is 0 Å². The summed E-state index contributed by atoms with van der Waals surface area (Å²) >= 11 is 3.20. The first-order valence-electron chi connectivity index (χ1n) is 5.45. The number of thioether (sulfide) groups is 1. The number of nitrogen functional groups attached to an aromatic ring is 2. The highest BCUT2D eigenvalue weighted by Crippen LogP contribution is 2.30. The van der Waals surface area contributed by atoms with Crippen molar-refractivity contribution >= 4 is 45.2 Å².